The van der Waals surface area contributed by atoms with Crippen LogP contribution in [0.5, 0.6) is 0 Å². The molecule has 1 saturated carbocycles. The van der Waals surface area contributed by atoms with Crippen LogP contribution in [0.3, 0.4) is 0 Å². The normalized spacial score (nSPS) is 29.8. The van der Waals surface area contributed by atoms with E-state index in [9.17, 15) is 19.2 Å². The number of rotatable bonds is 2. The Bertz CT molecular complexity index is 440. The Labute approximate surface area is 103 Å². The Hall–Kier alpha value is -1.92. The Morgan fingerprint density at radius 2 is 1.72 bits per heavy atom. The molecule has 1 aliphatic heterocycles. The van der Waals surface area contributed by atoms with Crippen molar-refractivity contribution in [2.24, 2.45) is 17.3 Å². The lowest BCUT2D eigenvalue weighted by atomic mass is 10.1. The average Bonchev–Trinajstić information content (AvgIpc) is 2.79. The fraction of sp³-hybridized carbons (Fsp3) is 0.636. The summed E-state index contributed by atoms with van der Waals surface area (Å²) in [6.07, 6.45) is 0. The van der Waals surface area contributed by atoms with Crippen LogP contribution < -0.4 is 5.32 Å². The molecule has 2 atom stereocenters. The van der Waals surface area contributed by atoms with Crippen molar-refractivity contribution in [3.8, 4) is 0 Å². The van der Waals surface area contributed by atoms with Gasteiger partial charge in [0.25, 0.3) is 0 Å². The van der Waals surface area contributed by atoms with Crippen molar-refractivity contribution in [3.63, 3.8) is 0 Å². The maximum atomic E-state index is 12.1. The maximum Gasteiger partial charge on any atom is 0.307 e. The zero-order valence-corrected chi connectivity index (χ0v) is 10.1. The SMILES string of the molecule is CC1(C)C(C(=O)O)C1C(=O)N1CC(=O)NC(=O)C1. The minimum absolute atomic E-state index is 0.191. The minimum Gasteiger partial charge on any atom is -0.481 e. The van der Waals surface area contributed by atoms with E-state index >= 15 is 0 Å². The van der Waals surface area contributed by atoms with E-state index in [0.29, 0.717) is 0 Å². The van der Waals surface area contributed by atoms with Gasteiger partial charge in [-0.3, -0.25) is 24.5 Å². The lowest BCUT2D eigenvalue weighted by Crippen LogP contribution is -2.54. The number of amides is 3. The number of carboxylic acid groups (broad SMARTS) is 1. The molecule has 1 aliphatic carbocycles. The molecule has 0 spiro atoms. The number of nitrogens with one attached hydrogen (secondary N) is 1. The summed E-state index contributed by atoms with van der Waals surface area (Å²) in [7, 11) is 0. The van der Waals surface area contributed by atoms with E-state index in [1.54, 1.807) is 13.8 Å². The highest BCUT2D eigenvalue weighted by atomic mass is 16.4. The molecule has 2 fully saturated rings. The summed E-state index contributed by atoms with van der Waals surface area (Å²) in [6, 6.07) is 0. The third kappa shape index (κ3) is 1.85. The van der Waals surface area contributed by atoms with E-state index in [-0.39, 0.29) is 13.1 Å². The van der Waals surface area contributed by atoms with Crippen molar-refractivity contribution in [2.45, 2.75) is 13.8 Å². The van der Waals surface area contributed by atoms with Crippen LogP contribution >= 0.6 is 0 Å². The van der Waals surface area contributed by atoms with Crippen molar-refractivity contribution >= 4 is 23.7 Å². The van der Waals surface area contributed by atoms with Crippen LogP contribution in [-0.4, -0.2) is 46.8 Å². The molecule has 18 heavy (non-hydrogen) atoms. The van der Waals surface area contributed by atoms with E-state index in [1.807, 2.05) is 0 Å². The summed E-state index contributed by atoms with van der Waals surface area (Å²) in [4.78, 5) is 46.6. The smallest absolute Gasteiger partial charge is 0.307 e. The van der Waals surface area contributed by atoms with Gasteiger partial charge in [0.2, 0.25) is 17.7 Å². The van der Waals surface area contributed by atoms with Crippen LogP contribution in [0.1, 0.15) is 13.8 Å². The highest BCUT2D eigenvalue weighted by Crippen LogP contribution is 2.59. The number of nitrogens with zero attached hydrogens (tertiary/aromatic N) is 1. The molecule has 98 valence electrons. The van der Waals surface area contributed by atoms with Gasteiger partial charge < -0.3 is 10.0 Å². The average molecular weight is 254 g/mol. The Morgan fingerprint density at radius 3 is 2.11 bits per heavy atom. The second kappa shape index (κ2) is 3.79. The molecule has 7 nitrogen and oxygen atoms in total. The molecule has 3 amide bonds. The van der Waals surface area contributed by atoms with E-state index in [4.69, 9.17) is 5.11 Å². The van der Waals surface area contributed by atoms with Crippen molar-refractivity contribution < 1.29 is 24.3 Å². The van der Waals surface area contributed by atoms with Crippen LogP contribution in [0, 0.1) is 17.3 Å². The number of carbonyl (C=O) groups is 4. The van der Waals surface area contributed by atoms with Gasteiger partial charge in [-0.15, -0.1) is 0 Å². The van der Waals surface area contributed by atoms with Crippen molar-refractivity contribution in [2.75, 3.05) is 13.1 Å². The molecule has 0 bridgehead atoms. The molecule has 2 unspecified atom stereocenters. The molecule has 2 aliphatic rings. The first-order chi connectivity index (χ1) is 8.25. The fourth-order valence-electron chi connectivity index (χ4n) is 2.55. The molecule has 7 heteroatoms. The Morgan fingerprint density at radius 1 is 1.22 bits per heavy atom. The molecule has 2 rings (SSSR count). The van der Waals surface area contributed by atoms with E-state index in [2.05, 4.69) is 5.32 Å². The standard InChI is InChI=1S/C11H14N2O5/c1-11(2)7(8(11)10(17)18)9(16)13-3-5(14)12-6(15)4-13/h7-8H,3-4H2,1-2H3,(H,17,18)(H,12,14,15). The molecular weight excluding hydrogens is 240 g/mol. The largest absolute Gasteiger partial charge is 0.481 e. The quantitative estimate of drug-likeness (QED) is 0.604. The summed E-state index contributed by atoms with van der Waals surface area (Å²) in [5, 5.41) is 11.1. The Kier molecular flexibility index (Phi) is 2.64. The highest BCUT2D eigenvalue weighted by Gasteiger charge is 2.66. The van der Waals surface area contributed by atoms with E-state index in [0.717, 1.165) is 4.90 Å². The van der Waals surface area contributed by atoms with Gasteiger partial charge in [0.15, 0.2) is 0 Å². The van der Waals surface area contributed by atoms with Gasteiger partial charge in [0.05, 0.1) is 11.8 Å². The fourth-order valence-corrected chi connectivity index (χ4v) is 2.55. The first-order valence-corrected chi connectivity index (χ1v) is 5.59. The number of hydrogen-bond donors (Lipinski definition) is 2. The van der Waals surface area contributed by atoms with Gasteiger partial charge in [-0.25, -0.2) is 0 Å². The van der Waals surface area contributed by atoms with Crippen LogP contribution in [0.25, 0.3) is 0 Å². The summed E-state index contributed by atoms with van der Waals surface area (Å²) in [5.41, 5.74) is -0.625. The maximum absolute atomic E-state index is 12.1. The molecule has 0 aromatic rings. The first kappa shape index (κ1) is 12.5. The molecule has 0 radical (unpaired) electrons. The van der Waals surface area contributed by atoms with Crippen LogP contribution in [-0.2, 0) is 19.2 Å². The topological polar surface area (TPSA) is 104 Å². The number of carboxylic acids is 1. The van der Waals surface area contributed by atoms with Crippen LogP contribution in [0.4, 0.5) is 0 Å². The lowest BCUT2D eigenvalue weighted by Gasteiger charge is -2.26. The van der Waals surface area contributed by atoms with Gasteiger partial charge in [-0.1, -0.05) is 13.8 Å². The van der Waals surface area contributed by atoms with Gasteiger partial charge in [-0.2, -0.15) is 0 Å². The number of imide groups is 1. The Balaban J connectivity index is 2.11. The summed E-state index contributed by atoms with van der Waals surface area (Å²) in [6.45, 7) is 3.01. The second-order valence-electron chi connectivity index (χ2n) is 5.28. The third-order valence-electron chi connectivity index (χ3n) is 3.62. The van der Waals surface area contributed by atoms with Crippen molar-refractivity contribution in [1.82, 2.24) is 10.2 Å². The monoisotopic (exact) mass is 254 g/mol. The highest BCUT2D eigenvalue weighted by molar-refractivity contribution is 6.04. The lowest BCUT2D eigenvalue weighted by molar-refractivity contribution is -0.147. The van der Waals surface area contributed by atoms with Gasteiger partial charge >= 0.3 is 5.97 Å². The molecule has 2 N–H and O–H groups in total. The molecule has 1 saturated heterocycles. The predicted octanol–water partition coefficient (Wildman–Crippen LogP) is -1.17. The second-order valence-corrected chi connectivity index (χ2v) is 5.28. The van der Waals surface area contributed by atoms with E-state index < -0.39 is 40.9 Å². The molecular formula is C11H14N2O5. The minimum atomic E-state index is -1.02. The van der Waals surface area contributed by atoms with Gasteiger partial charge in [0.1, 0.15) is 13.1 Å². The summed E-state index contributed by atoms with van der Waals surface area (Å²) < 4.78 is 0. The number of carbonyl (C=O) groups excluding carboxylic acids is 3. The van der Waals surface area contributed by atoms with Crippen molar-refractivity contribution in [1.29, 1.82) is 0 Å². The molecule has 1 heterocycles. The molecule has 0 aromatic heterocycles. The zero-order valence-electron chi connectivity index (χ0n) is 10.1. The van der Waals surface area contributed by atoms with Gasteiger partial charge in [0, 0.05) is 0 Å². The number of hydrogen-bond acceptors (Lipinski definition) is 4. The van der Waals surface area contributed by atoms with Gasteiger partial charge in [-0.05, 0) is 5.41 Å². The number of piperazine rings is 1. The number of aliphatic carboxylic acids is 1. The summed E-state index contributed by atoms with van der Waals surface area (Å²) >= 11 is 0. The first-order valence-electron chi connectivity index (χ1n) is 5.59. The zero-order chi connectivity index (χ0) is 13.7. The van der Waals surface area contributed by atoms with E-state index in [1.165, 1.54) is 0 Å². The van der Waals surface area contributed by atoms with Crippen LogP contribution in [0.15, 0.2) is 0 Å². The van der Waals surface area contributed by atoms with Crippen molar-refractivity contribution in [3.05, 3.63) is 0 Å². The summed E-state index contributed by atoms with van der Waals surface area (Å²) in [5.74, 6) is -3.93. The molecule has 0 aromatic carbocycles. The van der Waals surface area contributed by atoms with Crippen LogP contribution in [0.2, 0.25) is 0 Å². The third-order valence-corrected chi connectivity index (χ3v) is 3.62. The predicted molar refractivity (Wildman–Crippen MR) is 58.1 cm³/mol.